The predicted molar refractivity (Wildman–Crippen MR) is 90.7 cm³/mol. The zero-order valence-electron chi connectivity index (χ0n) is 13.4. The molecule has 0 aromatic carbocycles. The van der Waals surface area contributed by atoms with E-state index in [-0.39, 0.29) is 5.54 Å². The van der Waals surface area contributed by atoms with Gasteiger partial charge in [-0.15, -0.1) is 22.7 Å². The Kier molecular flexibility index (Phi) is 5.48. The molecule has 2 aromatic rings. The largest absolute Gasteiger partial charge is 0.306 e. The van der Waals surface area contributed by atoms with Gasteiger partial charge in [-0.05, 0) is 34.7 Å². The third-order valence-electron chi connectivity index (χ3n) is 3.06. The van der Waals surface area contributed by atoms with Gasteiger partial charge in [-0.25, -0.2) is 9.97 Å². The topological polar surface area (TPSA) is 41.1 Å². The summed E-state index contributed by atoms with van der Waals surface area (Å²) in [5.41, 5.74) is 4.33. The van der Waals surface area contributed by atoms with Crippen molar-refractivity contribution >= 4 is 22.7 Å². The minimum Gasteiger partial charge on any atom is -0.306 e. The van der Waals surface area contributed by atoms with Gasteiger partial charge in [0.1, 0.15) is 5.01 Å². The minimum absolute atomic E-state index is 0.131. The quantitative estimate of drug-likeness (QED) is 0.884. The monoisotopic (exact) mass is 324 g/mol. The summed E-state index contributed by atoms with van der Waals surface area (Å²) in [5.74, 6) is 0. The summed E-state index contributed by atoms with van der Waals surface area (Å²) in [5, 5.41) is 6.79. The van der Waals surface area contributed by atoms with Crippen molar-refractivity contribution < 1.29 is 0 Å². The van der Waals surface area contributed by atoms with E-state index in [1.54, 1.807) is 22.7 Å². The molecule has 0 aliphatic rings. The van der Waals surface area contributed by atoms with E-state index in [4.69, 9.17) is 4.98 Å². The normalized spacial score (nSPS) is 12.3. The summed E-state index contributed by atoms with van der Waals surface area (Å²) in [6.07, 6.45) is 0. The lowest BCUT2D eigenvalue weighted by Crippen LogP contribution is -2.35. The second kappa shape index (κ2) is 6.96. The summed E-state index contributed by atoms with van der Waals surface area (Å²) in [6, 6.07) is 0. The fourth-order valence-electron chi connectivity index (χ4n) is 1.90. The van der Waals surface area contributed by atoms with Crippen LogP contribution in [0.25, 0.3) is 0 Å². The fourth-order valence-corrected chi connectivity index (χ4v) is 3.48. The first-order valence-electron chi connectivity index (χ1n) is 7.09. The van der Waals surface area contributed by atoms with E-state index in [0.717, 1.165) is 36.0 Å². The van der Waals surface area contributed by atoms with Crippen LogP contribution in [0.1, 0.15) is 42.0 Å². The van der Waals surface area contributed by atoms with Gasteiger partial charge < -0.3 is 5.32 Å². The summed E-state index contributed by atoms with van der Waals surface area (Å²) in [7, 11) is 2.13. The molecule has 0 unspecified atom stereocenters. The van der Waals surface area contributed by atoms with Gasteiger partial charge in [-0.3, -0.25) is 4.90 Å². The third-order valence-corrected chi connectivity index (χ3v) is 4.88. The molecule has 0 aliphatic heterocycles. The van der Waals surface area contributed by atoms with E-state index in [1.165, 1.54) is 4.88 Å². The van der Waals surface area contributed by atoms with Gasteiger partial charge >= 0.3 is 0 Å². The Morgan fingerprint density at radius 1 is 1.24 bits per heavy atom. The highest BCUT2D eigenvalue weighted by Gasteiger charge is 2.12. The number of hydrogen-bond acceptors (Lipinski definition) is 6. The maximum absolute atomic E-state index is 4.71. The number of aromatic nitrogens is 2. The highest BCUT2D eigenvalue weighted by atomic mass is 32.1. The third kappa shape index (κ3) is 5.47. The number of thiazole rings is 2. The van der Waals surface area contributed by atoms with Crippen LogP contribution in [0.2, 0.25) is 0 Å². The van der Waals surface area contributed by atoms with Crippen molar-refractivity contribution in [2.75, 3.05) is 7.05 Å². The molecule has 2 aromatic heterocycles. The number of nitrogens with one attached hydrogen (secondary N) is 1. The first-order valence-corrected chi connectivity index (χ1v) is 8.85. The second-order valence-corrected chi connectivity index (χ2v) is 8.25. The molecule has 0 fully saturated rings. The van der Waals surface area contributed by atoms with Crippen molar-refractivity contribution in [2.45, 2.75) is 52.9 Å². The molecule has 4 nitrogen and oxygen atoms in total. The maximum Gasteiger partial charge on any atom is 0.107 e. The van der Waals surface area contributed by atoms with Crippen LogP contribution in [0.15, 0.2) is 10.9 Å². The Labute approximate surface area is 135 Å². The van der Waals surface area contributed by atoms with Gasteiger partial charge in [0.15, 0.2) is 0 Å². The molecule has 0 bridgehead atoms. The number of rotatable bonds is 6. The molecule has 1 N–H and O–H groups in total. The number of nitrogens with zero attached hydrogens (tertiary/aromatic N) is 3. The van der Waals surface area contributed by atoms with Gasteiger partial charge in [0.25, 0.3) is 0 Å². The predicted octanol–water partition coefficient (Wildman–Crippen LogP) is 3.43. The second-order valence-electron chi connectivity index (χ2n) is 6.37. The van der Waals surface area contributed by atoms with Gasteiger partial charge in [0, 0.05) is 35.4 Å². The Morgan fingerprint density at radius 2 is 2.00 bits per heavy atom. The Balaban J connectivity index is 1.86. The summed E-state index contributed by atoms with van der Waals surface area (Å²) in [6.45, 7) is 11.2. The molecule has 0 spiro atoms. The first kappa shape index (κ1) is 16.5. The lowest BCUT2D eigenvalue weighted by molar-refractivity contribution is 0.317. The molecule has 6 heteroatoms. The molecule has 0 saturated carbocycles. The molecule has 0 aliphatic carbocycles. The van der Waals surface area contributed by atoms with Crippen LogP contribution in [0.5, 0.6) is 0 Å². The van der Waals surface area contributed by atoms with E-state index in [9.17, 15) is 0 Å². The van der Waals surface area contributed by atoms with E-state index in [0.29, 0.717) is 0 Å². The van der Waals surface area contributed by atoms with Crippen molar-refractivity contribution in [1.82, 2.24) is 20.2 Å². The molecule has 0 amide bonds. The molecule has 2 rings (SSSR count). The zero-order chi connectivity index (χ0) is 15.5. The van der Waals surface area contributed by atoms with Crippen molar-refractivity contribution in [3.63, 3.8) is 0 Å². The molecule has 2 heterocycles. The molecule has 116 valence electrons. The van der Waals surface area contributed by atoms with E-state index >= 15 is 0 Å². The van der Waals surface area contributed by atoms with Crippen LogP contribution in [0.4, 0.5) is 0 Å². The summed E-state index contributed by atoms with van der Waals surface area (Å²) < 4.78 is 0. The van der Waals surface area contributed by atoms with E-state index in [2.05, 4.69) is 55.3 Å². The standard InChI is InChI=1S/C15H24N4S2/c1-11-13(21-10-16-11)8-19(5)7-12-9-20-14(18-12)6-17-15(2,3)4/h9-10,17H,6-8H2,1-5H3. The van der Waals surface area contributed by atoms with Gasteiger partial charge in [-0.2, -0.15) is 0 Å². The lowest BCUT2D eigenvalue weighted by Gasteiger charge is -2.19. The maximum atomic E-state index is 4.71. The molecule has 0 radical (unpaired) electrons. The number of aryl methyl sites for hydroxylation is 1. The van der Waals surface area contributed by atoms with Crippen LogP contribution >= 0.6 is 22.7 Å². The molecular weight excluding hydrogens is 300 g/mol. The Hall–Kier alpha value is -0.820. The van der Waals surface area contributed by atoms with Crippen LogP contribution in [-0.4, -0.2) is 27.5 Å². The highest BCUT2D eigenvalue weighted by Crippen LogP contribution is 2.17. The fraction of sp³-hybridized carbons (Fsp3) is 0.600. The van der Waals surface area contributed by atoms with E-state index in [1.807, 2.05) is 5.51 Å². The average molecular weight is 325 g/mol. The lowest BCUT2D eigenvalue weighted by atomic mass is 10.1. The minimum atomic E-state index is 0.131. The summed E-state index contributed by atoms with van der Waals surface area (Å²) in [4.78, 5) is 12.6. The average Bonchev–Trinajstić information content (AvgIpc) is 2.96. The van der Waals surface area contributed by atoms with Crippen LogP contribution in [0, 0.1) is 6.92 Å². The van der Waals surface area contributed by atoms with Crippen molar-refractivity contribution in [2.24, 2.45) is 0 Å². The molecule has 0 atom stereocenters. The highest BCUT2D eigenvalue weighted by molar-refractivity contribution is 7.10. The molecule has 21 heavy (non-hydrogen) atoms. The smallest absolute Gasteiger partial charge is 0.107 e. The van der Waals surface area contributed by atoms with Crippen molar-refractivity contribution in [3.8, 4) is 0 Å². The van der Waals surface area contributed by atoms with Gasteiger partial charge in [0.2, 0.25) is 0 Å². The first-order chi connectivity index (χ1) is 9.83. The van der Waals surface area contributed by atoms with Crippen LogP contribution in [-0.2, 0) is 19.6 Å². The van der Waals surface area contributed by atoms with Crippen molar-refractivity contribution in [3.05, 3.63) is 32.2 Å². The Morgan fingerprint density at radius 3 is 2.62 bits per heavy atom. The summed E-state index contributed by atoms with van der Waals surface area (Å²) >= 11 is 3.46. The molecular formula is C15H24N4S2. The van der Waals surface area contributed by atoms with Crippen LogP contribution < -0.4 is 5.32 Å². The van der Waals surface area contributed by atoms with Gasteiger partial charge in [-0.1, -0.05) is 0 Å². The molecule has 0 saturated heterocycles. The van der Waals surface area contributed by atoms with E-state index < -0.39 is 0 Å². The Bertz CT molecular complexity index is 568. The zero-order valence-corrected chi connectivity index (χ0v) is 15.1. The van der Waals surface area contributed by atoms with Crippen molar-refractivity contribution in [1.29, 1.82) is 0 Å². The SMILES string of the molecule is Cc1ncsc1CN(C)Cc1csc(CNC(C)(C)C)n1. The number of hydrogen-bond donors (Lipinski definition) is 1. The van der Waals surface area contributed by atoms with Gasteiger partial charge in [0.05, 0.1) is 16.9 Å². The van der Waals surface area contributed by atoms with Crippen LogP contribution in [0.3, 0.4) is 0 Å².